The summed E-state index contributed by atoms with van der Waals surface area (Å²) < 4.78 is 42.6. The van der Waals surface area contributed by atoms with Gasteiger partial charge in [-0.1, -0.05) is 30.4 Å². The second-order valence-corrected chi connectivity index (χ2v) is 7.99. The highest BCUT2D eigenvalue weighted by Gasteiger charge is 2.40. The van der Waals surface area contributed by atoms with Crippen LogP contribution >= 0.6 is 7.75 Å². The molecule has 0 aromatic heterocycles. The van der Waals surface area contributed by atoms with E-state index in [-0.39, 0.29) is 5.75 Å². The highest BCUT2D eigenvalue weighted by atomic mass is 31.2. The maximum Gasteiger partial charge on any atom is 0.459 e. The summed E-state index contributed by atoms with van der Waals surface area (Å²) in [5.41, 5.74) is 0. The van der Waals surface area contributed by atoms with Crippen molar-refractivity contribution in [1.29, 1.82) is 0 Å². The van der Waals surface area contributed by atoms with Crippen LogP contribution in [0.2, 0.25) is 0 Å². The van der Waals surface area contributed by atoms with Gasteiger partial charge in [-0.05, 0) is 39.8 Å². The molecule has 0 spiro atoms. The Morgan fingerprint density at radius 1 is 1.32 bits per heavy atom. The number of aliphatic hydroxyl groups is 2. The summed E-state index contributed by atoms with van der Waals surface area (Å²) in [7, 11) is -4.34. The Kier molecular flexibility index (Phi) is 9.26. The summed E-state index contributed by atoms with van der Waals surface area (Å²) >= 11 is 0. The molecule has 3 N–H and O–H groups in total. The number of carbonyl (C=O) groups excluding carboxylic acids is 1. The lowest BCUT2D eigenvalue weighted by molar-refractivity contribution is -0.173. The third kappa shape index (κ3) is 8.08. The number of aliphatic hydroxyl groups excluding tert-OH is 1. The minimum absolute atomic E-state index is 0.124. The number of esters is 1. The minimum Gasteiger partial charge on any atom is -0.462 e. The largest absolute Gasteiger partial charge is 0.462 e. The number of nitrogens with one attached hydrogen (secondary N) is 1. The summed E-state index contributed by atoms with van der Waals surface area (Å²) in [6.07, 6.45) is 0.0184. The number of hydrogen-bond donors (Lipinski definition) is 3. The van der Waals surface area contributed by atoms with Crippen molar-refractivity contribution in [2.45, 2.75) is 51.8 Å². The molecule has 0 bridgehead atoms. The summed E-state index contributed by atoms with van der Waals surface area (Å²) in [6, 6.07) is 6.75. The van der Waals surface area contributed by atoms with Crippen molar-refractivity contribution in [1.82, 2.24) is 5.09 Å². The van der Waals surface area contributed by atoms with Crippen molar-refractivity contribution >= 4 is 13.7 Å². The number of alkyl halides is 1. The van der Waals surface area contributed by atoms with E-state index < -0.39 is 44.4 Å². The molecule has 4 atom stereocenters. The number of hydrogen-bond acceptors (Lipinski definition) is 7. The molecule has 1 aromatic carbocycles. The van der Waals surface area contributed by atoms with Gasteiger partial charge in [0.25, 0.3) is 5.85 Å². The number of carbonyl (C=O) groups is 1. The molecule has 0 fully saturated rings. The maximum absolute atomic E-state index is 14.2. The van der Waals surface area contributed by atoms with Crippen LogP contribution in [0.4, 0.5) is 4.39 Å². The first-order chi connectivity index (χ1) is 13.0. The van der Waals surface area contributed by atoms with E-state index in [2.05, 4.69) is 5.09 Å². The van der Waals surface area contributed by atoms with Gasteiger partial charge in [-0.15, -0.1) is 0 Å². The topological polar surface area (TPSA) is 114 Å². The number of allylic oxidation sites excluding steroid dienone is 1. The van der Waals surface area contributed by atoms with E-state index in [1.807, 2.05) is 0 Å². The molecular weight excluding hydrogens is 392 g/mol. The Labute approximate surface area is 163 Å². The molecule has 0 aliphatic rings. The Morgan fingerprint density at radius 3 is 2.46 bits per heavy atom. The minimum atomic E-state index is -4.34. The van der Waals surface area contributed by atoms with Gasteiger partial charge in [0.1, 0.15) is 24.5 Å². The lowest BCUT2D eigenvalue weighted by Crippen LogP contribution is -2.42. The van der Waals surface area contributed by atoms with E-state index in [9.17, 15) is 24.0 Å². The van der Waals surface area contributed by atoms with Crippen LogP contribution < -0.4 is 9.61 Å². The first-order valence-corrected chi connectivity index (χ1v) is 10.2. The van der Waals surface area contributed by atoms with Crippen LogP contribution in [-0.4, -0.2) is 46.9 Å². The number of benzene rings is 1. The van der Waals surface area contributed by atoms with E-state index in [4.69, 9.17) is 13.8 Å². The molecule has 0 heterocycles. The standard InChI is InChI=1S/C18H27FNO7P/c1-5-9-16(21)18(19,23)12-25-28(24,27-15-10-7-6-8-11-15)20-14(4)17(22)26-13(2)3/h5-11,13-14,16,21,23H,12H2,1-4H3,(H,20,24)/t14?,16-,18+,28-/m0/s1. The van der Waals surface area contributed by atoms with Crippen LogP contribution in [0.25, 0.3) is 0 Å². The smallest absolute Gasteiger partial charge is 0.459 e. The predicted octanol–water partition coefficient (Wildman–Crippen LogP) is 2.71. The van der Waals surface area contributed by atoms with Crippen LogP contribution in [0.5, 0.6) is 5.75 Å². The van der Waals surface area contributed by atoms with Crippen molar-refractivity contribution < 1.29 is 37.7 Å². The van der Waals surface area contributed by atoms with Crippen molar-refractivity contribution in [3.05, 3.63) is 42.5 Å². The first-order valence-electron chi connectivity index (χ1n) is 8.69. The number of halogens is 1. The van der Waals surface area contributed by atoms with Crippen LogP contribution in [0.15, 0.2) is 42.5 Å². The van der Waals surface area contributed by atoms with Gasteiger partial charge in [-0.25, -0.2) is 8.96 Å². The third-order valence-corrected chi connectivity index (χ3v) is 4.91. The van der Waals surface area contributed by atoms with Crippen molar-refractivity contribution in [2.75, 3.05) is 6.61 Å². The molecule has 28 heavy (non-hydrogen) atoms. The highest BCUT2D eigenvalue weighted by molar-refractivity contribution is 7.52. The molecule has 8 nitrogen and oxygen atoms in total. The monoisotopic (exact) mass is 419 g/mol. The van der Waals surface area contributed by atoms with Gasteiger partial charge >= 0.3 is 13.7 Å². The average Bonchev–Trinajstić information content (AvgIpc) is 2.60. The Bertz CT molecular complexity index is 696. The summed E-state index contributed by atoms with van der Waals surface area (Å²) in [5.74, 6) is -3.83. The number of ether oxygens (including phenoxy) is 1. The summed E-state index contributed by atoms with van der Waals surface area (Å²) in [4.78, 5) is 12.0. The lowest BCUT2D eigenvalue weighted by Gasteiger charge is -2.27. The second-order valence-electron chi connectivity index (χ2n) is 6.30. The number of para-hydroxylation sites is 1. The lowest BCUT2D eigenvalue weighted by atomic mass is 10.2. The zero-order chi connectivity index (χ0) is 21.4. The van der Waals surface area contributed by atoms with Crippen molar-refractivity contribution in [3.8, 4) is 5.75 Å². The average molecular weight is 419 g/mol. The predicted molar refractivity (Wildman–Crippen MR) is 101 cm³/mol. The molecular formula is C18H27FNO7P. The van der Waals surface area contributed by atoms with E-state index in [1.165, 1.54) is 32.1 Å². The van der Waals surface area contributed by atoms with E-state index in [0.717, 1.165) is 6.08 Å². The van der Waals surface area contributed by atoms with Crippen molar-refractivity contribution in [2.24, 2.45) is 0 Å². The first kappa shape index (κ1) is 24.3. The Morgan fingerprint density at radius 2 is 1.93 bits per heavy atom. The summed E-state index contributed by atoms with van der Waals surface area (Å²) in [5, 5.41) is 21.7. The van der Waals surface area contributed by atoms with Crippen LogP contribution in [0.1, 0.15) is 27.7 Å². The van der Waals surface area contributed by atoms with Gasteiger partial charge in [-0.3, -0.25) is 9.32 Å². The van der Waals surface area contributed by atoms with E-state index in [1.54, 1.807) is 32.0 Å². The second kappa shape index (κ2) is 10.7. The molecule has 1 rings (SSSR count). The quantitative estimate of drug-likeness (QED) is 0.285. The maximum atomic E-state index is 14.2. The van der Waals surface area contributed by atoms with Gasteiger partial charge in [0.15, 0.2) is 0 Å². The molecule has 0 amide bonds. The van der Waals surface area contributed by atoms with Crippen LogP contribution in [-0.2, 0) is 18.6 Å². The van der Waals surface area contributed by atoms with Crippen LogP contribution in [0, 0.1) is 0 Å². The zero-order valence-corrected chi connectivity index (χ0v) is 17.1. The fourth-order valence-corrected chi connectivity index (χ4v) is 3.43. The zero-order valence-electron chi connectivity index (χ0n) is 16.2. The van der Waals surface area contributed by atoms with Gasteiger partial charge in [-0.2, -0.15) is 5.09 Å². The normalized spacial score (nSPS) is 18.3. The van der Waals surface area contributed by atoms with Gasteiger partial charge in [0, 0.05) is 0 Å². The van der Waals surface area contributed by atoms with Crippen molar-refractivity contribution in [3.63, 3.8) is 0 Å². The fraction of sp³-hybridized carbons (Fsp3) is 0.500. The Hall–Kier alpha value is -1.77. The SMILES string of the molecule is CC=C[C@H](O)[C@@](O)(F)CO[P@@](=O)(NC(C)C(=O)OC(C)C)Oc1ccccc1. The number of rotatable bonds is 11. The molecule has 0 saturated heterocycles. The Balaban J connectivity index is 2.97. The molecule has 158 valence electrons. The van der Waals surface area contributed by atoms with E-state index >= 15 is 0 Å². The van der Waals surface area contributed by atoms with Gasteiger partial charge in [0.05, 0.1) is 6.10 Å². The van der Waals surface area contributed by atoms with Gasteiger partial charge < -0.3 is 19.5 Å². The van der Waals surface area contributed by atoms with E-state index in [0.29, 0.717) is 0 Å². The molecule has 1 unspecified atom stereocenters. The van der Waals surface area contributed by atoms with Crippen LogP contribution in [0.3, 0.4) is 0 Å². The molecule has 0 aliphatic heterocycles. The molecule has 1 aromatic rings. The van der Waals surface area contributed by atoms with Gasteiger partial charge in [0.2, 0.25) is 0 Å². The third-order valence-electron chi connectivity index (χ3n) is 3.29. The molecule has 10 heteroatoms. The molecule has 0 radical (unpaired) electrons. The molecule has 0 aliphatic carbocycles. The highest BCUT2D eigenvalue weighted by Crippen LogP contribution is 2.45. The molecule has 0 saturated carbocycles. The fourth-order valence-electron chi connectivity index (χ4n) is 1.92. The summed E-state index contributed by atoms with van der Waals surface area (Å²) in [6.45, 7) is 5.00.